The minimum absolute atomic E-state index is 0.596. The van der Waals surface area contributed by atoms with E-state index in [1.54, 1.807) is 6.20 Å². The molecular formula is C17H19N3. The van der Waals surface area contributed by atoms with Crippen molar-refractivity contribution in [3.8, 4) is 0 Å². The van der Waals surface area contributed by atoms with Crippen LogP contribution in [0.1, 0.15) is 17.5 Å². The van der Waals surface area contributed by atoms with Gasteiger partial charge in [-0.2, -0.15) is 0 Å². The molecular weight excluding hydrogens is 246 g/mol. The van der Waals surface area contributed by atoms with E-state index in [1.807, 2.05) is 12.1 Å². The molecule has 0 atom stereocenters. The second-order valence-electron chi connectivity index (χ2n) is 5.18. The quantitative estimate of drug-likeness (QED) is 0.927. The van der Waals surface area contributed by atoms with Crippen LogP contribution in [0.2, 0.25) is 0 Å². The number of anilines is 1. The van der Waals surface area contributed by atoms with E-state index in [4.69, 9.17) is 5.73 Å². The molecule has 0 fully saturated rings. The van der Waals surface area contributed by atoms with Crippen molar-refractivity contribution in [2.24, 2.45) is 0 Å². The number of benzene rings is 1. The van der Waals surface area contributed by atoms with Gasteiger partial charge >= 0.3 is 0 Å². The van der Waals surface area contributed by atoms with Gasteiger partial charge in [-0.25, -0.2) is 4.98 Å². The maximum absolute atomic E-state index is 5.74. The Bertz CT molecular complexity index is 605. The van der Waals surface area contributed by atoms with Crippen molar-refractivity contribution in [1.82, 2.24) is 9.88 Å². The molecule has 0 saturated heterocycles. The van der Waals surface area contributed by atoms with Crippen LogP contribution in [-0.4, -0.2) is 23.0 Å². The lowest BCUT2D eigenvalue weighted by Gasteiger charge is -2.27. The van der Waals surface area contributed by atoms with Crippen LogP contribution in [0.4, 0.5) is 5.82 Å². The average Bonchev–Trinajstić information content (AvgIpc) is 2.48. The van der Waals surface area contributed by atoms with Gasteiger partial charge in [0.15, 0.2) is 0 Å². The normalized spacial score (nSPS) is 15.9. The second-order valence-corrected chi connectivity index (χ2v) is 5.18. The molecule has 0 amide bonds. The highest BCUT2D eigenvalue weighted by Crippen LogP contribution is 2.21. The molecule has 1 aliphatic rings. The second kappa shape index (κ2) is 5.88. The average molecular weight is 265 g/mol. The first-order valence-corrected chi connectivity index (χ1v) is 6.98. The number of rotatable bonds is 3. The molecule has 20 heavy (non-hydrogen) atoms. The van der Waals surface area contributed by atoms with E-state index in [0.717, 1.165) is 26.1 Å². The standard InChI is InChI=1S/C17H19N3/c18-17-11-14(8-9-19-17)12-20-10-4-7-16(13-20)15-5-2-1-3-6-15/h1-3,5-9,11H,4,10,12-13H2,(H2,18,19). The van der Waals surface area contributed by atoms with Crippen molar-refractivity contribution in [2.45, 2.75) is 13.0 Å². The molecule has 1 aromatic heterocycles. The summed E-state index contributed by atoms with van der Waals surface area (Å²) in [5.41, 5.74) is 9.71. The molecule has 0 unspecified atom stereocenters. The van der Waals surface area contributed by atoms with E-state index in [-0.39, 0.29) is 0 Å². The van der Waals surface area contributed by atoms with Gasteiger partial charge in [-0.05, 0) is 35.3 Å². The van der Waals surface area contributed by atoms with Crippen molar-refractivity contribution in [1.29, 1.82) is 0 Å². The minimum atomic E-state index is 0.596. The largest absolute Gasteiger partial charge is 0.384 e. The lowest BCUT2D eigenvalue weighted by atomic mass is 10.0. The monoisotopic (exact) mass is 265 g/mol. The Morgan fingerprint density at radius 3 is 2.80 bits per heavy atom. The topological polar surface area (TPSA) is 42.1 Å². The van der Waals surface area contributed by atoms with E-state index >= 15 is 0 Å². The Kier molecular flexibility index (Phi) is 3.79. The van der Waals surface area contributed by atoms with Crippen molar-refractivity contribution in [3.05, 3.63) is 65.9 Å². The maximum Gasteiger partial charge on any atom is 0.123 e. The summed E-state index contributed by atoms with van der Waals surface area (Å²) in [6, 6.07) is 14.6. The van der Waals surface area contributed by atoms with Gasteiger partial charge < -0.3 is 5.73 Å². The fourth-order valence-corrected chi connectivity index (χ4v) is 2.65. The molecule has 3 rings (SSSR count). The lowest BCUT2D eigenvalue weighted by Crippen LogP contribution is -2.29. The summed E-state index contributed by atoms with van der Waals surface area (Å²) in [5.74, 6) is 0.596. The number of nitrogens with two attached hydrogens (primary N) is 1. The molecule has 0 aliphatic carbocycles. The molecule has 1 aromatic carbocycles. The Morgan fingerprint density at radius 1 is 1.15 bits per heavy atom. The minimum Gasteiger partial charge on any atom is -0.384 e. The highest BCUT2D eigenvalue weighted by atomic mass is 15.1. The summed E-state index contributed by atoms with van der Waals surface area (Å²) in [4.78, 5) is 6.50. The Hall–Kier alpha value is -2.13. The van der Waals surface area contributed by atoms with Crippen LogP contribution in [0, 0.1) is 0 Å². The summed E-state index contributed by atoms with van der Waals surface area (Å²) in [6.07, 6.45) is 5.24. The molecule has 0 spiro atoms. The van der Waals surface area contributed by atoms with Crippen LogP contribution in [0.15, 0.2) is 54.7 Å². The van der Waals surface area contributed by atoms with E-state index in [2.05, 4.69) is 46.3 Å². The first-order valence-electron chi connectivity index (χ1n) is 6.98. The predicted octanol–water partition coefficient (Wildman–Crippen LogP) is 2.95. The van der Waals surface area contributed by atoms with Crippen LogP contribution >= 0.6 is 0 Å². The third-order valence-electron chi connectivity index (χ3n) is 3.63. The van der Waals surface area contributed by atoms with Gasteiger partial charge in [0.25, 0.3) is 0 Å². The summed E-state index contributed by atoms with van der Waals surface area (Å²) in [5, 5.41) is 0. The fourth-order valence-electron chi connectivity index (χ4n) is 2.65. The summed E-state index contributed by atoms with van der Waals surface area (Å²) < 4.78 is 0. The molecule has 2 heterocycles. The zero-order chi connectivity index (χ0) is 13.8. The van der Waals surface area contributed by atoms with Gasteiger partial charge in [0, 0.05) is 25.8 Å². The molecule has 0 radical (unpaired) electrons. The Morgan fingerprint density at radius 2 is 2.00 bits per heavy atom. The number of hydrogen-bond donors (Lipinski definition) is 1. The van der Waals surface area contributed by atoms with Crippen LogP contribution in [0.5, 0.6) is 0 Å². The van der Waals surface area contributed by atoms with Crippen LogP contribution in [0.25, 0.3) is 5.57 Å². The zero-order valence-electron chi connectivity index (χ0n) is 11.5. The Balaban J connectivity index is 1.70. The molecule has 3 heteroatoms. The van der Waals surface area contributed by atoms with Gasteiger partial charge in [0.2, 0.25) is 0 Å². The van der Waals surface area contributed by atoms with Gasteiger partial charge in [-0.3, -0.25) is 4.90 Å². The van der Waals surface area contributed by atoms with E-state index < -0.39 is 0 Å². The molecule has 2 aromatic rings. The molecule has 102 valence electrons. The van der Waals surface area contributed by atoms with Crippen LogP contribution in [-0.2, 0) is 6.54 Å². The van der Waals surface area contributed by atoms with Gasteiger partial charge in [0.1, 0.15) is 5.82 Å². The summed E-state index contributed by atoms with van der Waals surface area (Å²) in [6.45, 7) is 3.02. The van der Waals surface area contributed by atoms with E-state index in [0.29, 0.717) is 5.82 Å². The van der Waals surface area contributed by atoms with Crippen LogP contribution < -0.4 is 5.73 Å². The molecule has 1 aliphatic heterocycles. The number of hydrogen-bond acceptors (Lipinski definition) is 3. The number of nitrogen functional groups attached to an aromatic ring is 1. The van der Waals surface area contributed by atoms with Crippen molar-refractivity contribution in [3.63, 3.8) is 0 Å². The fraction of sp³-hybridized carbons (Fsp3) is 0.235. The first-order chi connectivity index (χ1) is 9.81. The number of pyridine rings is 1. The van der Waals surface area contributed by atoms with Gasteiger partial charge in [-0.1, -0.05) is 36.4 Å². The van der Waals surface area contributed by atoms with Gasteiger partial charge in [0.05, 0.1) is 0 Å². The Labute approximate surface area is 119 Å². The third-order valence-corrected chi connectivity index (χ3v) is 3.63. The van der Waals surface area contributed by atoms with E-state index in [1.165, 1.54) is 16.7 Å². The highest BCUT2D eigenvalue weighted by molar-refractivity contribution is 5.67. The van der Waals surface area contributed by atoms with Crippen molar-refractivity contribution in [2.75, 3.05) is 18.8 Å². The van der Waals surface area contributed by atoms with Crippen molar-refractivity contribution < 1.29 is 0 Å². The number of aromatic nitrogens is 1. The summed E-state index contributed by atoms with van der Waals surface area (Å²) >= 11 is 0. The maximum atomic E-state index is 5.74. The first kappa shape index (κ1) is 12.9. The van der Waals surface area contributed by atoms with Crippen LogP contribution in [0.3, 0.4) is 0 Å². The summed E-state index contributed by atoms with van der Waals surface area (Å²) in [7, 11) is 0. The molecule has 0 saturated carbocycles. The molecule has 0 bridgehead atoms. The van der Waals surface area contributed by atoms with E-state index in [9.17, 15) is 0 Å². The highest BCUT2D eigenvalue weighted by Gasteiger charge is 2.14. The number of nitrogens with zero attached hydrogens (tertiary/aromatic N) is 2. The van der Waals surface area contributed by atoms with Gasteiger partial charge in [-0.15, -0.1) is 0 Å². The smallest absolute Gasteiger partial charge is 0.123 e. The zero-order valence-corrected chi connectivity index (χ0v) is 11.5. The predicted molar refractivity (Wildman–Crippen MR) is 83.0 cm³/mol. The lowest BCUT2D eigenvalue weighted by molar-refractivity contribution is 0.296. The van der Waals surface area contributed by atoms with Crippen molar-refractivity contribution >= 4 is 11.4 Å². The molecule has 2 N–H and O–H groups in total. The molecule has 3 nitrogen and oxygen atoms in total. The third kappa shape index (κ3) is 3.06. The SMILES string of the molecule is Nc1cc(CN2CCC=C(c3ccccc3)C2)ccn1.